The number of rotatable bonds is 0. The van der Waals surface area contributed by atoms with Gasteiger partial charge < -0.3 is 0 Å². The number of benzene rings is 2. The van der Waals surface area contributed by atoms with E-state index < -0.39 is 0 Å². The molecule has 0 radical (unpaired) electrons. The summed E-state index contributed by atoms with van der Waals surface area (Å²) in [6.45, 7) is 13.5. The second-order valence-electron chi connectivity index (χ2n) is 10.1. The molecule has 8 bridgehead atoms. The summed E-state index contributed by atoms with van der Waals surface area (Å²) in [5.74, 6) is 0.797. The van der Waals surface area contributed by atoms with Gasteiger partial charge in [-0.15, -0.1) is 0 Å². The van der Waals surface area contributed by atoms with E-state index in [2.05, 4.69) is 102 Å². The predicted molar refractivity (Wildman–Crippen MR) is 123 cm³/mol. The minimum Gasteiger partial charge on any atom is -0.241 e. The molecule has 5 rings (SSSR count). The highest BCUT2D eigenvalue weighted by molar-refractivity contribution is 5.44. The van der Waals surface area contributed by atoms with Crippen molar-refractivity contribution in [3.63, 3.8) is 0 Å². The second kappa shape index (κ2) is 6.39. The van der Waals surface area contributed by atoms with Crippen LogP contribution in [0.1, 0.15) is 64.2 Å². The van der Waals surface area contributed by atoms with Gasteiger partial charge in [-0.2, -0.15) is 10.2 Å². The van der Waals surface area contributed by atoms with Gasteiger partial charge in [-0.05, 0) is 55.3 Å². The Hall–Kier alpha value is -3.21. The molecule has 0 N–H and O–H groups in total. The monoisotopic (exact) mass is 411 g/mol. The van der Waals surface area contributed by atoms with E-state index in [0.29, 0.717) is 0 Å². The number of hydrogen-bond acceptors (Lipinski definition) is 3. The fourth-order valence-electron chi connectivity index (χ4n) is 4.36. The summed E-state index contributed by atoms with van der Waals surface area (Å²) in [6.07, 6.45) is 3.89. The summed E-state index contributed by atoms with van der Waals surface area (Å²) in [5.41, 5.74) is 4.84. The Balaban J connectivity index is 1.81. The minimum atomic E-state index is -0.340. The van der Waals surface area contributed by atoms with Gasteiger partial charge in [0.1, 0.15) is 6.33 Å². The zero-order valence-electron chi connectivity index (χ0n) is 19.1. The van der Waals surface area contributed by atoms with Crippen molar-refractivity contribution in [3.05, 3.63) is 89.8 Å². The third-order valence-electron chi connectivity index (χ3n) is 7.51. The van der Waals surface area contributed by atoms with E-state index in [4.69, 9.17) is 15.2 Å². The van der Waals surface area contributed by atoms with Crippen LogP contribution in [0.3, 0.4) is 0 Å². The lowest BCUT2D eigenvalue weighted by Gasteiger charge is -2.41. The molecule has 158 valence electrons. The normalized spacial score (nSPS) is 18.1. The van der Waals surface area contributed by atoms with Crippen molar-refractivity contribution in [2.75, 3.05) is 0 Å². The van der Waals surface area contributed by atoms with Gasteiger partial charge in [-0.3, -0.25) is 0 Å². The van der Waals surface area contributed by atoms with Crippen molar-refractivity contribution >= 4 is 0 Å². The number of aromatic nitrogens is 5. The molecule has 4 aromatic rings. The molecule has 1 aliphatic rings. The first-order chi connectivity index (χ1) is 14.6. The van der Waals surface area contributed by atoms with Crippen molar-refractivity contribution in [3.8, 4) is 11.4 Å². The fourth-order valence-corrected chi connectivity index (χ4v) is 4.36. The minimum absolute atomic E-state index is 0.160. The van der Waals surface area contributed by atoms with Crippen LogP contribution in [0.25, 0.3) is 11.4 Å². The Kier molecular flexibility index (Phi) is 4.07. The SMILES string of the molecule is CC1(C)c2cccc(c2)-n2ccc(n2)C(C)(C)C(C)(C)c2cccc(c2)-n2cnc1n2. The van der Waals surface area contributed by atoms with Crippen molar-refractivity contribution in [2.24, 2.45) is 0 Å². The first kappa shape index (κ1) is 19.7. The lowest BCUT2D eigenvalue weighted by Crippen LogP contribution is -2.40. The van der Waals surface area contributed by atoms with E-state index >= 15 is 0 Å². The van der Waals surface area contributed by atoms with Gasteiger partial charge >= 0.3 is 0 Å². The molecule has 0 unspecified atom stereocenters. The van der Waals surface area contributed by atoms with Gasteiger partial charge in [0.25, 0.3) is 0 Å². The average molecular weight is 412 g/mol. The molecule has 2 aromatic carbocycles. The summed E-state index contributed by atoms with van der Waals surface area (Å²) in [7, 11) is 0. The molecule has 2 aromatic heterocycles. The summed E-state index contributed by atoms with van der Waals surface area (Å²) in [6, 6.07) is 19.3. The quantitative estimate of drug-likeness (QED) is 0.392. The summed E-state index contributed by atoms with van der Waals surface area (Å²) >= 11 is 0. The molecule has 5 heteroatoms. The second-order valence-corrected chi connectivity index (χ2v) is 10.1. The van der Waals surface area contributed by atoms with E-state index in [1.807, 2.05) is 15.7 Å². The number of fused-ring (bicyclic) bond motifs is 10. The Morgan fingerprint density at radius 3 is 2.06 bits per heavy atom. The van der Waals surface area contributed by atoms with Gasteiger partial charge in [0.15, 0.2) is 5.82 Å². The van der Waals surface area contributed by atoms with E-state index in [1.165, 1.54) is 5.56 Å². The molecular weight excluding hydrogens is 382 g/mol. The van der Waals surface area contributed by atoms with Crippen LogP contribution < -0.4 is 0 Å². The highest BCUT2D eigenvalue weighted by Crippen LogP contribution is 2.43. The fraction of sp³-hybridized carbons (Fsp3) is 0.346. The molecule has 3 heterocycles. The third kappa shape index (κ3) is 2.87. The maximum absolute atomic E-state index is 5.03. The van der Waals surface area contributed by atoms with Crippen LogP contribution in [0.5, 0.6) is 0 Å². The van der Waals surface area contributed by atoms with Crippen LogP contribution in [-0.2, 0) is 16.2 Å². The van der Waals surface area contributed by atoms with Crippen LogP contribution in [0, 0.1) is 0 Å². The van der Waals surface area contributed by atoms with Gasteiger partial charge in [0.05, 0.1) is 22.5 Å². The molecule has 31 heavy (non-hydrogen) atoms. The Bertz CT molecular complexity index is 1270. The number of nitrogens with zero attached hydrogens (tertiary/aromatic N) is 5. The van der Waals surface area contributed by atoms with Crippen molar-refractivity contribution in [2.45, 2.75) is 57.8 Å². The third-order valence-corrected chi connectivity index (χ3v) is 7.51. The predicted octanol–water partition coefficient (Wildman–Crippen LogP) is 5.35. The Morgan fingerprint density at radius 1 is 0.677 bits per heavy atom. The van der Waals surface area contributed by atoms with E-state index in [9.17, 15) is 0 Å². The van der Waals surface area contributed by atoms with Gasteiger partial charge in [0.2, 0.25) is 0 Å². The molecule has 0 saturated carbocycles. The van der Waals surface area contributed by atoms with Crippen LogP contribution in [-0.4, -0.2) is 24.5 Å². The molecule has 5 nitrogen and oxygen atoms in total. The highest BCUT2D eigenvalue weighted by atomic mass is 15.3. The molecule has 0 fully saturated rings. The zero-order chi connectivity index (χ0) is 22.0. The summed E-state index contributed by atoms with van der Waals surface area (Å²) in [4.78, 5) is 4.69. The van der Waals surface area contributed by atoms with E-state index in [1.54, 1.807) is 0 Å². The van der Waals surface area contributed by atoms with Gasteiger partial charge in [-0.25, -0.2) is 14.3 Å². The molecule has 1 aliphatic heterocycles. The molecular formula is C26H29N5. The van der Waals surface area contributed by atoms with E-state index in [0.717, 1.165) is 28.5 Å². The molecule has 0 atom stereocenters. The molecule has 0 amide bonds. The topological polar surface area (TPSA) is 48.5 Å². The first-order valence-electron chi connectivity index (χ1n) is 10.8. The Labute approximate surface area is 183 Å². The number of hydrogen-bond donors (Lipinski definition) is 0. The van der Waals surface area contributed by atoms with Crippen LogP contribution >= 0.6 is 0 Å². The Morgan fingerprint density at radius 2 is 1.32 bits per heavy atom. The maximum atomic E-state index is 5.03. The molecule has 0 spiro atoms. The van der Waals surface area contributed by atoms with Gasteiger partial charge in [-0.1, -0.05) is 52.0 Å². The first-order valence-corrected chi connectivity index (χ1v) is 10.8. The van der Waals surface area contributed by atoms with Crippen LogP contribution in [0.4, 0.5) is 0 Å². The van der Waals surface area contributed by atoms with E-state index in [-0.39, 0.29) is 16.2 Å². The van der Waals surface area contributed by atoms with Crippen molar-refractivity contribution in [1.29, 1.82) is 0 Å². The summed E-state index contributed by atoms with van der Waals surface area (Å²) in [5, 5.41) is 9.91. The zero-order valence-corrected chi connectivity index (χ0v) is 19.1. The van der Waals surface area contributed by atoms with Crippen molar-refractivity contribution in [1.82, 2.24) is 24.5 Å². The average Bonchev–Trinajstić information content (AvgIpc) is 3.44. The summed E-state index contributed by atoms with van der Waals surface area (Å²) < 4.78 is 3.87. The largest absolute Gasteiger partial charge is 0.241 e. The lowest BCUT2D eigenvalue weighted by atomic mass is 9.62. The lowest BCUT2D eigenvalue weighted by molar-refractivity contribution is 0.294. The van der Waals surface area contributed by atoms with Crippen LogP contribution in [0.15, 0.2) is 67.1 Å². The molecule has 0 saturated heterocycles. The van der Waals surface area contributed by atoms with Crippen molar-refractivity contribution < 1.29 is 0 Å². The van der Waals surface area contributed by atoms with Crippen LogP contribution in [0.2, 0.25) is 0 Å². The highest BCUT2D eigenvalue weighted by Gasteiger charge is 2.41. The maximum Gasteiger partial charge on any atom is 0.160 e. The standard InChI is InChI=1S/C26H29N5/c1-24(2)18-9-7-11-20(15-18)30-14-13-22(28-30)26(5,6)25(3,4)19-10-8-12-21(16-19)31-17-27-23(24)29-31/h7-17H,1-6H3. The molecule has 0 aliphatic carbocycles. The smallest absolute Gasteiger partial charge is 0.160 e. The van der Waals surface area contributed by atoms with Gasteiger partial charge in [0, 0.05) is 17.0 Å².